The number of halogens is 1. The predicted octanol–water partition coefficient (Wildman–Crippen LogP) is 2.31. The molecule has 0 bridgehead atoms. The molecule has 0 heterocycles. The Hall–Kier alpha value is -0.820. The largest absolute Gasteiger partial charge is 0.495 e. The maximum absolute atomic E-state index is 12.5. The summed E-state index contributed by atoms with van der Waals surface area (Å²) in [6.07, 6.45) is 0.679. The Bertz CT molecular complexity index is 588. The summed E-state index contributed by atoms with van der Waals surface area (Å²) in [7, 11) is -2.18. The first-order valence-electron chi connectivity index (χ1n) is 6.77. The van der Waals surface area contributed by atoms with Crippen molar-refractivity contribution in [2.45, 2.75) is 38.1 Å². The molecule has 0 radical (unpaired) electrons. The van der Waals surface area contributed by atoms with E-state index in [4.69, 9.17) is 22.1 Å². The van der Waals surface area contributed by atoms with Crippen LogP contribution in [0.2, 0.25) is 5.02 Å². The second kappa shape index (κ2) is 7.45. The van der Waals surface area contributed by atoms with Gasteiger partial charge in [-0.05, 0) is 37.0 Å². The zero-order valence-corrected chi connectivity index (χ0v) is 14.4. The van der Waals surface area contributed by atoms with E-state index in [0.29, 0.717) is 23.7 Å². The smallest absolute Gasteiger partial charge is 0.241 e. The highest BCUT2D eigenvalue weighted by Crippen LogP contribution is 2.30. The molecule has 0 saturated heterocycles. The first-order valence-corrected chi connectivity index (χ1v) is 8.64. The number of nitrogens with two attached hydrogens (primary N) is 1. The monoisotopic (exact) mass is 334 g/mol. The molecule has 0 aromatic heterocycles. The molecule has 1 unspecified atom stereocenters. The van der Waals surface area contributed by atoms with Crippen LogP contribution in [0.15, 0.2) is 17.0 Å². The van der Waals surface area contributed by atoms with Gasteiger partial charge in [-0.15, -0.1) is 0 Å². The normalized spacial score (nSPS) is 13.5. The highest BCUT2D eigenvalue weighted by atomic mass is 35.5. The minimum atomic E-state index is -3.67. The third-order valence-corrected chi connectivity index (χ3v) is 5.06. The van der Waals surface area contributed by atoms with E-state index in [-0.39, 0.29) is 22.5 Å². The third-order valence-electron chi connectivity index (χ3n) is 3.10. The van der Waals surface area contributed by atoms with Crippen LogP contribution < -0.4 is 15.2 Å². The topological polar surface area (TPSA) is 81.4 Å². The number of methoxy groups -OCH3 is 1. The number of rotatable bonds is 7. The van der Waals surface area contributed by atoms with Crippen molar-refractivity contribution in [1.82, 2.24) is 4.72 Å². The van der Waals surface area contributed by atoms with E-state index >= 15 is 0 Å². The van der Waals surface area contributed by atoms with Crippen LogP contribution in [-0.4, -0.2) is 28.1 Å². The summed E-state index contributed by atoms with van der Waals surface area (Å²) in [4.78, 5) is 0.149. The summed E-state index contributed by atoms with van der Waals surface area (Å²) in [6, 6.07) is 2.72. The van der Waals surface area contributed by atoms with Gasteiger partial charge in [0, 0.05) is 12.6 Å². The van der Waals surface area contributed by atoms with E-state index in [1.54, 1.807) is 13.0 Å². The Kier molecular flexibility index (Phi) is 6.46. The van der Waals surface area contributed by atoms with Gasteiger partial charge in [-0.2, -0.15) is 0 Å². The minimum Gasteiger partial charge on any atom is -0.495 e. The van der Waals surface area contributed by atoms with Crippen molar-refractivity contribution < 1.29 is 13.2 Å². The highest BCUT2D eigenvalue weighted by molar-refractivity contribution is 7.89. The van der Waals surface area contributed by atoms with Gasteiger partial charge in [0.05, 0.1) is 17.0 Å². The molecule has 1 aromatic rings. The molecule has 21 heavy (non-hydrogen) atoms. The van der Waals surface area contributed by atoms with Crippen LogP contribution in [0.5, 0.6) is 5.75 Å². The Balaban J connectivity index is 3.10. The maximum Gasteiger partial charge on any atom is 0.241 e. The molecule has 0 aliphatic heterocycles. The average Bonchev–Trinajstić information content (AvgIpc) is 2.39. The summed E-state index contributed by atoms with van der Waals surface area (Å²) in [5, 5.41) is 0.261. The lowest BCUT2D eigenvalue weighted by molar-refractivity contribution is 0.414. The molecule has 0 aliphatic carbocycles. The quantitative estimate of drug-likeness (QED) is 0.801. The SMILES string of the molecule is COc1cc(C)c(S(=O)(=O)NC(CN)CC(C)C)cc1Cl. The van der Waals surface area contributed by atoms with Crippen molar-refractivity contribution in [2.75, 3.05) is 13.7 Å². The van der Waals surface area contributed by atoms with Crippen LogP contribution in [0.1, 0.15) is 25.8 Å². The van der Waals surface area contributed by atoms with Gasteiger partial charge in [0.1, 0.15) is 5.75 Å². The molecule has 1 aromatic carbocycles. The molecule has 120 valence electrons. The zero-order chi connectivity index (χ0) is 16.2. The Morgan fingerprint density at radius 1 is 1.38 bits per heavy atom. The average molecular weight is 335 g/mol. The van der Waals surface area contributed by atoms with Gasteiger partial charge in [-0.25, -0.2) is 13.1 Å². The lowest BCUT2D eigenvalue weighted by Gasteiger charge is -2.20. The predicted molar refractivity (Wildman–Crippen MR) is 85.4 cm³/mol. The molecule has 3 N–H and O–H groups in total. The Morgan fingerprint density at radius 3 is 2.48 bits per heavy atom. The molecular formula is C14H23ClN2O3S. The standard InChI is InChI=1S/C14H23ClN2O3S/c1-9(2)5-11(8-16)17-21(18,19)14-7-12(15)13(20-4)6-10(14)3/h6-7,9,11,17H,5,8,16H2,1-4H3. The maximum atomic E-state index is 12.5. The summed E-state index contributed by atoms with van der Waals surface area (Å²) < 4.78 is 32.7. The molecule has 5 nitrogen and oxygen atoms in total. The Morgan fingerprint density at radius 2 is 2.00 bits per heavy atom. The fourth-order valence-electron chi connectivity index (χ4n) is 2.13. The summed E-state index contributed by atoms with van der Waals surface area (Å²) in [6.45, 7) is 5.99. The molecule has 0 amide bonds. The fraction of sp³-hybridized carbons (Fsp3) is 0.571. The molecule has 0 fully saturated rings. The number of ether oxygens (including phenoxy) is 1. The number of aryl methyl sites for hydroxylation is 1. The fourth-order valence-corrected chi connectivity index (χ4v) is 3.95. The van der Waals surface area contributed by atoms with Crippen LogP contribution >= 0.6 is 11.6 Å². The molecule has 0 spiro atoms. The lowest BCUT2D eigenvalue weighted by Crippen LogP contribution is -2.41. The van der Waals surface area contributed by atoms with Crippen molar-refractivity contribution in [3.8, 4) is 5.75 Å². The molecule has 1 atom stereocenters. The highest BCUT2D eigenvalue weighted by Gasteiger charge is 2.23. The van der Waals surface area contributed by atoms with Crippen LogP contribution in [0.25, 0.3) is 0 Å². The van der Waals surface area contributed by atoms with Crippen LogP contribution in [0, 0.1) is 12.8 Å². The van der Waals surface area contributed by atoms with Crippen LogP contribution in [0.4, 0.5) is 0 Å². The van der Waals surface area contributed by atoms with E-state index in [0.717, 1.165) is 0 Å². The van der Waals surface area contributed by atoms with Gasteiger partial charge in [0.15, 0.2) is 0 Å². The van der Waals surface area contributed by atoms with Gasteiger partial charge in [-0.3, -0.25) is 0 Å². The van der Waals surface area contributed by atoms with E-state index in [1.807, 2.05) is 13.8 Å². The first kappa shape index (κ1) is 18.2. The van der Waals surface area contributed by atoms with E-state index in [2.05, 4.69) is 4.72 Å². The van der Waals surface area contributed by atoms with Crippen molar-refractivity contribution in [2.24, 2.45) is 11.7 Å². The van der Waals surface area contributed by atoms with Crippen molar-refractivity contribution in [3.63, 3.8) is 0 Å². The zero-order valence-electron chi connectivity index (χ0n) is 12.8. The van der Waals surface area contributed by atoms with Gasteiger partial charge in [0.25, 0.3) is 0 Å². The van der Waals surface area contributed by atoms with Gasteiger partial charge in [-0.1, -0.05) is 25.4 Å². The van der Waals surface area contributed by atoms with Gasteiger partial charge < -0.3 is 10.5 Å². The van der Waals surface area contributed by atoms with Gasteiger partial charge in [0.2, 0.25) is 10.0 Å². The van der Waals surface area contributed by atoms with Crippen molar-refractivity contribution >= 4 is 21.6 Å². The second-order valence-electron chi connectivity index (χ2n) is 5.44. The van der Waals surface area contributed by atoms with Gasteiger partial charge >= 0.3 is 0 Å². The summed E-state index contributed by atoms with van der Waals surface area (Å²) in [5.74, 6) is 0.799. The van der Waals surface area contributed by atoms with E-state index in [9.17, 15) is 8.42 Å². The van der Waals surface area contributed by atoms with Crippen LogP contribution in [0.3, 0.4) is 0 Å². The second-order valence-corrected chi connectivity index (χ2v) is 7.53. The third kappa shape index (κ3) is 4.85. The van der Waals surface area contributed by atoms with E-state index in [1.165, 1.54) is 13.2 Å². The summed E-state index contributed by atoms with van der Waals surface area (Å²) >= 11 is 6.02. The molecular weight excluding hydrogens is 312 g/mol. The molecule has 0 saturated carbocycles. The number of nitrogens with one attached hydrogen (secondary N) is 1. The van der Waals surface area contributed by atoms with E-state index < -0.39 is 10.0 Å². The molecule has 1 rings (SSSR count). The minimum absolute atomic E-state index is 0.149. The number of benzene rings is 1. The number of hydrogen-bond donors (Lipinski definition) is 2. The molecule has 7 heteroatoms. The Labute approximate surface area is 131 Å². The number of sulfonamides is 1. The van der Waals surface area contributed by atoms with Crippen molar-refractivity contribution in [1.29, 1.82) is 0 Å². The number of hydrogen-bond acceptors (Lipinski definition) is 4. The van der Waals surface area contributed by atoms with Crippen molar-refractivity contribution in [3.05, 3.63) is 22.7 Å². The molecule has 0 aliphatic rings. The first-order chi connectivity index (χ1) is 9.71. The summed E-state index contributed by atoms with van der Waals surface area (Å²) in [5.41, 5.74) is 6.22. The lowest BCUT2D eigenvalue weighted by atomic mass is 10.1. The van der Waals surface area contributed by atoms with Crippen LogP contribution in [-0.2, 0) is 10.0 Å².